The second-order valence-corrected chi connectivity index (χ2v) is 12.7. The summed E-state index contributed by atoms with van der Waals surface area (Å²) in [6, 6.07) is 10.7. The molecule has 0 amide bonds. The number of aliphatic hydroxyl groups is 1. The standard InChI is InChI=1S/C23H31N3O5S2/c1-23(28)11-18-15-31-16-19(12-23)26(18)14-20-13-24(33(29,30)22-3-2-10-32-22)8-9-25(20)17-4-6-21(27)7-5-17/h2-7,10,18-20,27-28H,8-9,11-16H2,1H3/t18-,19+,20-,23?/m1/s1. The summed E-state index contributed by atoms with van der Waals surface area (Å²) in [4.78, 5) is 4.67. The number of hydrogen-bond acceptors (Lipinski definition) is 8. The molecule has 2 N–H and O–H groups in total. The number of piperidine rings is 1. The van der Waals surface area contributed by atoms with Crippen molar-refractivity contribution < 1.29 is 23.4 Å². The zero-order chi connectivity index (χ0) is 23.2. The molecular weight excluding hydrogens is 462 g/mol. The Morgan fingerprint density at radius 3 is 2.45 bits per heavy atom. The lowest BCUT2D eigenvalue weighted by Crippen LogP contribution is -2.66. The van der Waals surface area contributed by atoms with Crippen molar-refractivity contribution in [2.75, 3.05) is 44.3 Å². The van der Waals surface area contributed by atoms with Gasteiger partial charge in [0.05, 0.1) is 24.9 Å². The monoisotopic (exact) mass is 493 g/mol. The summed E-state index contributed by atoms with van der Waals surface area (Å²) in [6.45, 7) is 5.10. The molecule has 2 bridgehead atoms. The van der Waals surface area contributed by atoms with E-state index >= 15 is 0 Å². The number of morpholine rings is 1. The van der Waals surface area contributed by atoms with E-state index in [-0.39, 0.29) is 23.9 Å². The highest BCUT2D eigenvalue weighted by molar-refractivity contribution is 7.91. The molecule has 1 unspecified atom stereocenters. The SMILES string of the molecule is CC1(O)C[C@H]2COC[C@@H](C1)N2C[C@H]1CN(S(=O)(=O)c2cccs2)CCN1c1ccc(O)cc1. The molecule has 33 heavy (non-hydrogen) atoms. The fraction of sp³-hybridized carbons (Fsp3) is 0.565. The molecule has 1 aromatic carbocycles. The Balaban J connectivity index is 1.42. The van der Waals surface area contributed by atoms with Crippen LogP contribution in [0.15, 0.2) is 46.0 Å². The molecule has 0 aliphatic carbocycles. The average molecular weight is 494 g/mol. The molecule has 3 fully saturated rings. The van der Waals surface area contributed by atoms with Crippen LogP contribution in [-0.2, 0) is 14.8 Å². The Hall–Kier alpha value is -1.69. The van der Waals surface area contributed by atoms with Crippen molar-refractivity contribution in [2.24, 2.45) is 0 Å². The van der Waals surface area contributed by atoms with Gasteiger partial charge in [-0.2, -0.15) is 4.31 Å². The molecule has 1 aromatic heterocycles. The number of phenols is 1. The van der Waals surface area contributed by atoms with Crippen LogP contribution in [0.25, 0.3) is 0 Å². The van der Waals surface area contributed by atoms with E-state index < -0.39 is 15.6 Å². The van der Waals surface area contributed by atoms with Gasteiger partial charge in [0.25, 0.3) is 10.0 Å². The van der Waals surface area contributed by atoms with Crippen LogP contribution in [-0.4, -0.2) is 91.0 Å². The molecule has 3 aliphatic heterocycles. The second-order valence-electron chi connectivity index (χ2n) is 9.61. The molecule has 180 valence electrons. The van der Waals surface area contributed by atoms with Crippen molar-refractivity contribution in [3.05, 3.63) is 41.8 Å². The molecule has 4 atom stereocenters. The number of thiophene rings is 1. The van der Waals surface area contributed by atoms with Gasteiger partial charge in [-0.15, -0.1) is 11.3 Å². The second kappa shape index (κ2) is 8.83. The minimum absolute atomic E-state index is 0.0656. The number of phenolic OH excluding ortho intramolecular Hbond substituents is 1. The number of nitrogens with zero attached hydrogens (tertiary/aromatic N) is 3. The molecule has 8 nitrogen and oxygen atoms in total. The van der Waals surface area contributed by atoms with Crippen LogP contribution in [0, 0.1) is 0 Å². The number of fused-ring (bicyclic) bond motifs is 2. The molecule has 0 radical (unpaired) electrons. The Bertz CT molecular complexity index is 1040. The number of ether oxygens (including phenoxy) is 1. The molecule has 0 saturated carbocycles. The third-order valence-corrected chi connectivity index (χ3v) is 10.3. The van der Waals surface area contributed by atoms with Crippen LogP contribution in [0.4, 0.5) is 5.69 Å². The maximum atomic E-state index is 13.3. The fourth-order valence-electron chi connectivity index (χ4n) is 5.55. The first-order valence-electron chi connectivity index (χ1n) is 11.4. The van der Waals surface area contributed by atoms with Crippen LogP contribution in [0.5, 0.6) is 5.75 Å². The first-order valence-corrected chi connectivity index (χ1v) is 13.7. The third-order valence-electron chi connectivity index (χ3n) is 7.05. The summed E-state index contributed by atoms with van der Waals surface area (Å²) in [5.41, 5.74) is 0.268. The normalized spacial score (nSPS) is 31.6. The van der Waals surface area contributed by atoms with Crippen LogP contribution in [0.2, 0.25) is 0 Å². The van der Waals surface area contributed by atoms with E-state index in [1.807, 2.05) is 19.1 Å². The summed E-state index contributed by atoms with van der Waals surface area (Å²) >= 11 is 1.25. The highest BCUT2D eigenvalue weighted by Gasteiger charge is 2.46. The third kappa shape index (κ3) is 4.65. The summed E-state index contributed by atoms with van der Waals surface area (Å²) in [7, 11) is -3.54. The fourth-order valence-corrected chi connectivity index (χ4v) is 8.16. The van der Waals surface area contributed by atoms with Crippen molar-refractivity contribution in [3.63, 3.8) is 0 Å². The molecule has 3 aliphatic rings. The van der Waals surface area contributed by atoms with Gasteiger partial charge in [-0.1, -0.05) is 6.07 Å². The Morgan fingerprint density at radius 1 is 1.12 bits per heavy atom. The summed E-state index contributed by atoms with van der Waals surface area (Å²) < 4.78 is 34.3. The topological polar surface area (TPSA) is 93.6 Å². The van der Waals surface area contributed by atoms with E-state index in [0.717, 1.165) is 5.69 Å². The zero-order valence-electron chi connectivity index (χ0n) is 18.7. The van der Waals surface area contributed by atoms with Gasteiger partial charge in [0.15, 0.2) is 0 Å². The number of rotatable bonds is 5. The van der Waals surface area contributed by atoms with Crippen molar-refractivity contribution in [1.82, 2.24) is 9.21 Å². The summed E-state index contributed by atoms with van der Waals surface area (Å²) in [5.74, 6) is 0.208. The summed E-state index contributed by atoms with van der Waals surface area (Å²) in [5, 5.41) is 22.2. The van der Waals surface area contributed by atoms with Crippen molar-refractivity contribution in [2.45, 2.75) is 47.7 Å². The first-order chi connectivity index (χ1) is 15.7. The van der Waals surface area contributed by atoms with E-state index in [1.54, 1.807) is 34.0 Å². The number of benzene rings is 1. The zero-order valence-corrected chi connectivity index (χ0v) is 20.3. The number of aromatic hydroxyl groups is 1. The lowest BCUT2D eigenvalue weighted by atomic mass is 9.82. The van der Waals surface area contributed by atoms with Crippen LogP contribution < -0.4 is 4.90 Å². The number of piperazine rings is 1. The highest BCUT2D eigenvalue weighted by atomic mass is 32.2. The van der Waals surface area contributed by atoms with Crippen LogP contribution in [0.1, 0.15) is 19.8 Å². The maximum Gasteiger partial charge on any atom is 0.252 e. The van der Waals surface area contributed by atoms with E-state index in [0.29, 0.717) is 56.4 Å². The van der Waals surface area contributed by atoms with Crippen molar-refractivity contribution in [3.8, 4) is 5.75 Å². The smallest absolute Gasteiger partial charge is 0.252 e. The van der Waals surface area contributed by atoms with Crippen LogP contribution >= 0.6 is 11.3 Å². The lowest BCUT2D eigenvalue weighted by Gasteiger charge is -2.53. The average Bonchev–Trinajstić information content (AvgIpc) is 3.31. The molecule has 3 saturated heterocycles. The van der Waals surface area contributed by atoms with Gasteiger partial charge in [0.2, 0.25) is 0 Å². The van der Waals surface area contributed by atoms with E-state index in [4.69, 9.17) is 4.74 Å². The molecular formula is C23H31N3O5S2. The number of hydrogen-bond donors (Lipinski definition) is 2. The Morgan fingerprint density at radius 2 is 1.82 bits per heavy atom. The van der Waals surface area contributed by atoms with Crippen LogP contribution in [0.3, 0.4) is 0 Å². The Labute approximate surface area is 199 Å². The molecule has 10 heteroatoms. The van der Waals surface area contributed by atoms with Crippen molar-refractivity contribution >= 4 is 27.0 Å². The van der Waals surface area contributed by atoms with Gasteiger partial charge >= 0.3 is 0 Å². The first kappa shape index (κ1) is 23.1. The Kier molecular flexibility index (Phi) is 6.17. The largest absolute Gasteiger partial charge is 0.508 e. The minimum Gasteiger partial charge on any atom is -0.508 e. The van der Waals surface area contributed by atoms with E-state index in [1.165, 1.54) is 11.3 Å². The summed E-state index contributed by atoms with van der Waals surface area (Å²) in [6.07, 6.45) is 1.29. The number of sulfonamides is 1. The van der Waals surface area contributed by atoms with Gasteiger partial charge in [0.1, 0.15) is 9.96 Å². The van der Waals surface area contributed by atoms with Gasteiger partial charge in [-0.3, -0.25) is 4.90 Å². The van der Waals surface area contributed by atoms with Gasteiger partial charge < -0.3 is 19.8 Å². The van der Waals surface area contributed by atoms with E-state index in [9.17, 15) is 18.6 Å². The van der Waals surface area contributed by atoms with E-state index in [2.05, 4.69) is 9.80 Å². The van der Waals surface area contributed by atoms with Gasteiger partial charge in [-0.05, 0) is 55.5 Å². The predicted molar refractivity (Wildman–Crippen MR) is 127 cm³/mol. The molecule has 0 spiro atoms. The minimum atomic E-state index is -3.54. The molecule has 5 rings (SSSR count). The van der Waals surface area contributed by atoms with Gasteiger partial charge in [0, 0.05) is 44.0 Å². The maximum absolute atomic E-state index is 13.3. The number of anilines is 1. The molecule has 4 heterocycles. The quantitative estimate of drug-likeness (QED) is 0.658. The molecule has 2 aromatic rings. The predicted octanol–water partition coefficient (Wildman–Crippen LogP) is 1.95. The van der Waals surface area contributed by atoms with Gasteiger partial charge in [-0.25, -0.2) is 8.42 Å². The van der Waals surface area contributed by atoms with Crippen molar-refractivity contribution in [1.29, 1.82) is 0 Å². The highest BCUT2D eigenvalue weighted by Crippen LogP contribution is 2.36. The lowest BCUT2D eigenvalue weighted by molar-refractivity contribution is -0.138.